The Hall–Kier alpha value is -3.11. The number of nitro benzene ring substituents is 1. The third-order valence-electron chi connectivity index (χ3n) is 4.58. The van der Waals surface area contributed by atoms with Gasteiger partial charge in [0, 0.05) is 18.7 Å². The van der Waals surface area contributed by atoms with E-state index in [4.69, 9.17) is 16.3 Å². The number of non-ortho nitro benzene ring substituents is 1. The number of halogens is 1. The van der Waals surface area contributed by atoms with Crippen LogP contribution in [0.3, 0.4) is 0 Å². The normalized spacial score (nSPS) is 10.7. The molecule has 32 heavy (non-hydrogen) atoms. The van der Waals surface area contributed by atoms with Crippen molar-refractivity contribution in [2.24, 2.45) is 0 Å². The van der Waals surface area contributed by atoms with E-state index in [0.29, 0.717) is 17.5 Å². The van der Waals surface area contributed by atoms with Gasteiger partial charge >= 0.3 is 0 Å². The summed E-state index contributed by atoms with van der Waals surface area (Å²) >= 11 is 7.24. The summed E-state index contributed by atoms with van der Waals surface area (Å²) in [6, 6.07) is 11.8. The van der Waals surface area contributed by atoms with Crippen LogP contribution in [0, 0.1) is 10.1 Å². The van der Waals surface area contributed by atoms with E-state index in [0.717, 1.165) is 12.2 Å². The van der Waals surface area contributed by atoms with E-state index in [1.165, 1.54) is 35.5 Å². The zero-order valence-corrected chi connectivity index (χ0v) is 19.2. The number of thioether (sulfide) groups is 1. The molecular formula is C21H22ClN5O4S. The van der Waals surface area contributed by atoms with E-state index in [-0.39, 0.29) is 34.7 Å². The number of benzene rings is 2. The van der Waals surface area contributed by atoms with E-state index in [1.54, 1.807) is 0 Å². The Kier molecular flexibility index (Phi) is 8.07. The van der Waals surface area contributed by atoms with Gasteiger partial charge in [-0.2, -0.15) is 0 Å². The summed E-state index contributed by atoms with van der Waals surface area (Å²) in [7, 11) is 0. The fourth-order valence-corrected chi connectivity index (χ4v) is 3.84. The van der Waals surface area contributed by atoms with Crippen LogP contribution in [0.4, 0.5) is 11.4 Å². The van der Waals surface area contributed by atoms with Crippen LogP contribution in [0.1, 0.15) is 25.2 Å². The number of nitrogens with zero attached hydrogens (tertiary/aromatic N) is 4. The maximum atomic E-state index is 12.3. The zero-order chi connectivity index (χ0) is 23.1. The number of carbonyl (C=O) groups is 1. The lowest BCUT2D eigenvalue weighted by Gasteiger charge is -2.10. The van der Waals surface area contributed by atoms with E-state index in [2.05, 4.69) is 22.4 Å². The topological polar surface area (TPSA) is 112 Å². The predicted molar refractivity (Wildman–Crippen MR) is 123 cm³/mol. The molecule has 0 bridgehead atoms. The number of aromatic nitrogens is 3. The largest absolute Gasteiger partial charge is 0.486 e. The molecule has 0 aliphatic carbocycles. The van der Waals surface area contributed by atoms with Crippen LogP contribution in [-0.4, -0.2) is 31.3 Å². The summed E-state index contributed by atoms with van der Waals surface area (Å²) in [5.41, 5.74) is 1.26. The highest BCUT2D eigenvalue weighted by atomic mass is 35.5. The molecule has 9 nitrogen and oxygen atoms in total. The highest BCUT2D eigenvalue weighted by Crippen LogP contribution is 2.27. The lowest BCUT2D eigenvalue weighted by atomic mass is 10.2. The minimum Gasteiger partial charge on any atom is -0.486 e. The Morgan fingerprint density at radius 2 is 1.97 bits per heavy atom. The number of nitrogens with one attached hydrogen (secondary N) is 1. The maximum absolute atomic E-state index is 12.3. The van der Waals surface area contributed by atoms with Crippen LogP contribution >= 0.6 is 23.4 Å². The molecule has 11 heteroatoms. The molecule has 0 aliphatic heterocycles. The molecular weight excluding hydrogens is 454 g/mol. The Bertz CT molecular complexity index is 1100. The molecule has 3 rings (SSSR count). The van der Waals surface area contributed by atoms with Crippen LogP contribution in [-0.2, 0) is 24.4 Å². The molecule has 0 atom stereocenters. The summed E-state index contributed by atoms with van der Waals surface area (Å²) < 4.78 is 7.69. The maximum Gasteiger partial charge on any atom is 0.271 e. The molecule has 168 valence electrons. The molecule has 0 spiro atoms. The molecule has 1 N–H and O–H groups in total. The average molecular weight is 476 g/mol. The molecule has 0 radical (unpaired) electrons. The standard InChI is InChI=1S/C21H22ClN5O4S/c1-3-14-5-8-16(9-6-14)31-12-19-24-25-21(26(19)4-2)32-13-20(28)23-18-11-15(27(29)30)7-10-17(18)22/h5-11H,3-4,12-13H2,1-2H3,(H,23,28). The summed E-state index contributed by atoms with van der Waals surface area (Å²) in [6.07, 6.45) is 0.964. The van der Waals surface area contributed by atoms with Crippen molar-refractivity contribution in [3.63, 3.8) is 0 Å². The number of amides is 1. The molecule has 0 unspecified atom stereocenters. The quantitative estimate of drug-likeness (QED) is 0.256. The van der Waals surface area contributed by atoms with Gasteiger partial charge in [-0.3, -0.25) is 14.9 Å². The van der Waals surface area contributed by atoms with Crippen molar-refractivity contribution in [3.05, 3.63) is 69.0 Å². The van der Waals surface area contributed by atoms with Crippen molar-refractivity contribution >= 4 is 40.6 Å². The third-order valence-corrected chi connectivity index (χ3v) is 5.87. The van der Waals surface area contributed by atoms with E-state index < -0.39 is 4.92 Å². The van der Waals surface area contributed by atoms with Gasteiger partial charge in [0.2, 0.25) is 5.91 Å². The Balaban J connectivity index is 1.59. The fourth-order valence-electron chi connectivity index (χ4n) is 2.86. The van der Waals surface area contributed by atoms with Gasteiger partial charge in [-0.1, -0.05) is 42.4 Å². The van der Waals surface area contributed by atoms with Crippen molar-refractivity contribution in [3.8, 4) is 5.75 Å². The van der Waals surface area contributed by atoms with Crippen molar-refractivity contribution < 1.29 is 14.5 Å². The second-order valence-corrected chi connectivity index (χ2v) is 8.04. The van der Waals surface area contributed by atoms with Gasteiger partial charge in [0.1, 0.15) is 12.4 Å². The smallest absolute Gasteiger partial charge is 0.271 e. The second-order valence-electron chi connectivity index (χ2n) is 6.69. The molecule has 0 aliphatic rings. The summed E-state index contributed by atoms with van der Waals surface area (Å²) in [4.78, 5) is 22.7. The first-order valence-electron chi connectivity index (χ1n) is 9.91. The Morgan fingerprint density at radius 1 is 1.22 bits per heavy atom. The highest BCUT2D eigenvalue weighted by Gasteiger charge is 2.16. The summed E-state index contributed by atoms with van der Waals surface area (Å²) in [5.74, 6) is 1.07. The highest BCUT2D eigenvalue weighted by molar-refractivity contribution is 7.99. The Labute approximate surface area is 194 Å². The lowest BCUT2D eigenvalue weighted by molar-refractivity contribution is -0.384. The van der Waals surface area contributed by atoms with Crippen LogP contribution in [0.5, 0.6) is 5.75 Å². The first kappa shape index (κ1) is 23.6. The molecule has 0 fully saturated rings. The van der Waals surface area contributed by atoms with Crippen LogP contribution in [0.15, 0.2) is 47.6 Å². The first-order chi connectivity index (χ1) is 15.4. The first-order valence-corrected chi connectivity index (χ1v) is 11.3. The predicted octanol–water partition coefficient (Wildman–Crippen LogP) is 4.73. The molecule has 2 aromatic carbocycles. The summed E-state index contributed by atoms with van der Waals surface area (Å²) in [5, 5.41) is 22.7. The van der Waals surface area contributed by atoms with Gasteiger partial charge in [0.25, 0.3) is 5.69 Å². The van der Waals surface area contributed by atoms with Crippen molar-refractivity contribution in [1.29, 1.82) is 0 Å². The zero-order valence-electron chi connectivity index (χ0n) is 17.6. The molecule has 1 heterocycles. The van der Waals surface area contributed by atoms with Crippen LogP contribution < -0.4 is 10.1 Å². The van der Waals surface area contributed by atoms with Gasteiger partial charge in [-0.05, 0) is 37.1 Å². The number of hydrogen-bond donors (Lipinski definition) is 1. The van der Waals surface area contributed by atoms with Crippen LogP contribution in [0.2, 0.25) is 5.02 Å². The van der Waals surface area contributed by atoms with Crippen molar-refractivity contribution in [2.45, 2.75) is 38.6 Å². The van der Waals surface area contributed by atoms with Crippen LogP contribution in [0.25, 0.3) is 0 Å². The molecule has 3 aromatic rings. The SMILES string of the molecule is CCc1ccc(OCc2nnc(SCC(=O)Nc3cc([N+](=O)[O-])ccc3Cl)n2CC)cc1. The second kappa shape index (κ2) is 11.0. The van der Waals surface area contributed by atoms with Gasteiger partial charge < -0.3 is 14.6 Å². The number of ether oxygens (including phenoxy) is 1. The lowest BCUT2D eigenvalue weighted by Crippen LogP contribution is -2.15. The monoisotopic (exact) mass is 475 g/mol. The number of anilines is 1. The molecule has 1 amide bonds. The van der Waals surface area contributed by atoms with Gasteiger partial charge in [0.05, 0.1) is 21.4 Å². The van der Waals surface area contributed by atoms with Crippen molar-refractivity contribution in [2.75, 3.05) is 11.1 Å². The van der Waals surface area contributed by atoms with E-state index >= 15 is 0 Å². The number of hydrogen-bond acceptors (Lipinski definition) is 7. The average Bonchev–Trinajstić information content (AvgIpc) is 3.19. The van der Waals surface area contributed by atoms with E-state index in [9.17, 15) is 14.9 Å². The number of carbonyl (C=O) groups excluding carboxylic acids is 1. The fraction of sp³-hybridized carbons (Fsp3) is 0.286. The van der Waals surface area contributed by atoms with Gasteiger partial charge in [-0.25, -0.2) is 0 Å². The number of aryl methyl sites for hydroxylation is 1. The van der Waals surface area contributed by atoms with Gasteiger partial charge in [-0.15, -0.1) is 10.2 Å². The van der Waals surface area contributed by atoms with Crippen molar-refractivity contribution in [1.82, 2.24) is 14.8 Å². The molecule has 0 saturated heterocycles. The minimum absolute atomic E-state index is 0.0382. The Morgan fingerprint density at radius 3 is 2.62 bits per heavy atom. The number of nitro groups is 1. The van der Waals surface area contributed by atoms with Gasteiger partial charge in [0.15, 0.2) is 11.0 Å². The summed E-state index contributed by atoms with van der Waals surface area (Å²) in [6.45, 7) is 4.91. The number of rotatable bonds is 10. The third kappa shape index (κ3) is 5.98. The minimum atomic E-state index is -0.549. The van der Waals surface area contributed by atoms with E-state index in [1.807, 2.05) is 35.8 Å². The molecule has 1 aromatic heterocycles. The molecule has 0 saturated carbocycles.